The van der Waals surface area contributed by atoms with Gasteiger partial charge in [0.1, 0.15) is 13.1 Å². The molecule has 0 aliphatic heterocycles. The molecule has 0 aliphatic carbocycles. The molecular weight excluding hydrogens is 300 g/mol. The van der Waals surface area contributed by atoms with Crippen LogP contribution in [-0.4, -0.2) is 44.1 Å². The van der Waals surface area contributed by atoms with E-state index in [9.17, 15) is 14.4 Å². The van der Waals surface area contributed by atoms with E-state index in [-0.39, 0.29) is 26.3 Å². The molecule has 1 rings (SSSR count). The Morgan fingerprint density at radius 3 is 1.96 bits per heavy atom. The topological polar surface area (TPSA) is 98.9 Å². The zero-order valence-corrected chi connectivity index (χ0v) is 13.6. The van der Waals surface area contributed by atoms with Crippen LogP contribution < -0.4 is 10.6 Å². The molecule has 2 N–H and O–H groups in total. The van der Waals surface area contributed by atoms with Crippen LogP contribution in [0.1, 0.15) is 29.8 Å². The summed E-state index contributed by atoms with van der Waals surface area (Å²) in [7, 11) is 0. The van der Waals surface area contributed by atoms with Crippen molar-refractivity contribution in [2.45, 2.75) is 20.8 Å². The van der Waals surface area contributed by atoms with E-state index in [2.05, 4.69) is 0 Å². The molecule has 0 bridgehead atoms. The van der Waals surface area contributed by atoms with Gasteiger partial charge in [0.25, 0.3) is 0 Å². The van der Waals surface area contributed by atoms with E-state index < -0.39 is 17.8 Å². The standard InChI is InChI=1S/C16H22N2O5/c1-4-22-14(19)9-18(10-15(20)23-5-2)13-7-6-12(16(17)21)8-11(13)3/h6-8H,4-5,9-10H2,1-3H3,(H2,17,21). The van der Waals surface area contributed by atoms with Crippen molar-refractivity contribution in [3.63, 3.8) is 0 Å². The number of benzene rings is 1. The van der Waals surface area contributed by atoms with Gasteiger partial charge in [0.05, 0.1) is 13.2 Å². The first-order chi connectivity index (χ1) is 10.9. The molecule has 0 saturated heterocycles. The second kappa shape index (κ2) is 8.77. The van der Waals surface area contributed by atoms with E-state index in [4.69, 9.17) is 15.2 Å². The van der Waals surface area contributed by atoms with E-state index in [0.717, 1.165) is 5.56 Å². The van der Waals surface area contributed by atoms with Crippen LogP contribution in [0.4, 0.5) is 5.69 Å². The highest BCUT2D eigenvalue weighted by Gasteiger charge is 2.19. The average molecular weight is 322 g/mol. The van der Waals surface area contributed by atoms with E-state index >= 15 is 0 Å². The fraction of sp³-hybridized carbons (Fsp3) is 0.438. The van der Waals surface area contributed by atoms with Gasteiger partial charge in [0.15, 0.2) is 0 Å². The fourth-order valence-corrected chi connectivity index (χ4v) is 2.11. The number of esters is 2. The average Bonchev–Trinajstić information content (AvgIpc) is 2.46. The minimum Gasteiger partial charge on any atom is -0.465 e. The van der Waals surface area contributed by atoms with Crippen molar-refractivity contribution in [1.82, 2.24) is 0 Å². The summed E-state index contributed by atoms with van der Waals surface area (Å²) in [6, 6.07) is 4.81. The first-order valence-electron chi connectivity index (χ1n) is 7.35. The van der Waals surface area contributed by atoms with Gasteiger partial charge in [0, 0.05) is 11.3 Å². The van der Waals surface area contributed by atoms with E-state index in [1.54, 1.807) is 43.9 Å². The fourth-order valence-electron chi connectivity index (χ4n) is 2.11. The molecule has 7 nitrogen and oxygen atoms in total. The second-order valence-electron chi connectivity index (χ2n) is 4.83. The van der Waals surface area contributed by atoms with Crippen LogP contribution in [0.25, 0.3) is 0 Å². The Bertz CT molecular complexity index is 566. The SMILES string of the molecule is CCOC(=O)CN(CC(=O)OCC)c1ccc(C(N)=O)cc1C. The minimum atomic E-state index is -0.540. The maximum Gasteiger partial charge on any atom is 0.325 e. The van der Waals surface area contributed by atoms with E-state index in [0.29, 0.717) is 11.3 Å². The molecule has 0 atom stereocenters. The Kier molecular flexibility index (Phi) is 7.05. The van der Waals surface area contributed by atoms with Crippen molar-refractivity contribution < 1.29 is 23.9 Å². The number of amides is 1. The predicted octanol–water partition coefficient (Wildman–Crippen LogP) is 1.03. The smallest absolute Gasteiger partial charge is 0.325 e. The molecule has 1 aromatic carbocycles. The van der Waals surface area contributed by atoms with Crippen LogP contribution in [0, 0.1) is 6.92 Å². The van der Waals surface area contributed by atoms with Crippen LogP contribution in [0.15, 0.2) is 18.2 Å². The van der Waals surface area contributed by atoms with Gasteiger partial charge in [-0.1, -0.05) is 0 Å². The first-order valence-corrected chi connectivity index (χ1v) is 7.35. The number of anilines is 1. The quantitative estimate of drug-likeness (QED) is 0.718. The largest absolute Gasteiger partial charge is 0.465 e. The van der Waals surface area contributed by atoms with E-state index in [1.807, 2.05) is 0 Å². The lowest BCUT2D eigenvalue weighted by Crippen LogP contribution is -2.36. The molecule has 0 radical (unpaired) electrons. The van der Waals surface area contributed by atoms with Crippen LogP contribution >= 0.6 is 0 Å². The number of hydrogen-bond acceptors (Lipinski definition) is 6. The molecule has 23 heavy (non-hydrogen) atoms. The number of aryl methyl sites for hydroxylation is 1. The molecule has 1 aromatic rings. The van der Waals surface area contributed by atoms with Crippen molar-refractivity contribution in [1.29, 1.82) is 0 Å². The number of carbonyl (C=O) groups is 3. The van der Waals surface area contributed by atoms with Crippen LogP contribution in [0.2, 0.25) is 0 Å². The monoisotopic (exact) mass is 322 g/mol. The molecule has 0 aromatic heterocycles. The maximum atomic E-state index is 11.8. The Morgan fingerprint density at radius 1 is 1.04 bits per heavy atom. The molecule has 0 fully saturated rings. The molecule has 126 valence electrons. The number of nitrogens with zero attached hydrogens (tertiary/aromatic N) is 1. The van der Waals surface area contributed by atoms with Crippen LogP contribution in [0.5, 0.6) is 0 Å². The van der Waals surface area contributed by atoms with E-state index in [1.165, 1.54) is 0 Å². The molecule has 0 aliphatic rings. The van der Waals surface area contributed by atoms with Gasteiger partial charge in [-0.15, -0.1) is 0 Å². The number of rotatable bonds is 8. The van der Waals surface area contributed by atoms with Crippen molar-refractivity contribution in [3.8, 4) is 0 Å². The van der Waals surface area contributed by atoms with Crippen LogP contribution in [0.3, 0.4) is 0 Å². The third-order valence-corrected chi connectivity index (χ3v) is 3.07. The Labute approximate surface area is 135 Å². The van der Waals surface area contributed by atoms with Crippen molar-refractivity contribution in [2.75, 3.05) is 31.2 Å². The lowest BCUT2D eigenvalue weighted by Gasteiger charge is -2.24. The van der Waals surface area contributed by atoms with Gasteiger partial charge in [-0.3, -0.25) is 14.4 Å². The molecular formula is C16H22N2O5. The van der Waals surface area contributed by atoms with Gasteiger partial charge in [0.2, 0.25) is 5.91 Å². The molecule has 0 spiro atoms. The third kappa shape index (κ3) is 5.61. The van der Waals surface area contributed by atoms with Gasteiger partial charge >= 0.3 is 11.9 Å². The molecule has 7 heteroatoms. The molecule has 0 saturated carbocycles. The number of carbonyl (C=O) groups excluding carboxylic acids is 3. The summed E-state index contributed by atoms with van der Waals surface area (Å²) < 4.78 is 9.86. The summed E-state index contributed by atoms with van der Waals surface area (Å²) in [5, 5.41) is 0. The highest BCUT2D eigenvalue weighted by molar-refractivity contribution is 5.93. The predicted molar refractivity (Wildman–Crippen MR) is 85.2 cm³/mol. The summed E-state index contributed by atoms with van der Waals surface area (Å²) >= 11 is 0. The number of nitrogens with two attached hydrogens (primary N) is 1. The Balaban J connectivity index is 3.04. The Hall–Kier alpha value is -2.57. The summed E-state index contributed by atoms with van der Waals surface area (Å²) in [6.07, 6.45) is 0. The summed E-state index contributed by atoms with van der Waals surface area (Å²) in [5.74, 6) is -1.44. The molecule has 0 heterocycles. The van der Waals surface area contributed by atoms with Gasteiger partial charge in [-0.05, 0) is 44.5 Å². The summed E-state index contributed by atoms with van der Waals surface area (Å²) in [4.78, 5) is 36.3. The first kappa shape index (κ1) is 18.5. The summed E-state index contributed by atoms with van der Waals surface area (Å²) in [6.45, 7) is 5.51. The zero-order chi connectivity index (χ0) is 17.4. The van der Waals surface area contributed by atoms with Gasteiger partial charge < -0.3 is 20.1 Å². The van der Waals surface area contributed by atoms with Gasteiger partial charge in [-0.25, -0.2) is 0 Å². The van der Waals surface area contributed by atoms with Gasteiger partial charge in [-0.2, -0.15) is 0 Å². The third-order valence-electron chi connectivity index (χ3n) is 3.07. The lowest BCUT2D eigenvalue weighted by molar-refractivity contribution is -0.142. The highest BCUT2D eigenvalue weighted by atomic mass is 16.5. The minimum absolute atomic E-state index is 0.0938. The molecule has 0 unspecified atom stereocenters. The zero-order valence-electron chi connectivity index (χ0n) is 13.6. The van der Waals surface area contributed by atoms with Crippen LogP contribution in [-0.2, 0) is 19.1 Å². The number of ether oxygens (including phenoxy) is 2. The lowest BCUT2D eigenvalue weighted by atomic mass is 10.1. The van der Waals surface area contributed by atoms with Crippen molar-refractivity contribution in [3.05, 3.63) is 29.3 Å². The number of hydrogen-bond donors (Lipinski definition) is 1. The molecule has 1 amide bonds. The van der Waals surface area contributed by atoms with Crippen molar-refractivity contribution >= 4 is 23.5 Å². The number of primary amides is 1. The Morgan fingerprint density at radius 2 is 1.57 bits per heavy atom. The maximum absolute atomic E-state index is 11.8. The highest BCUT2D eigenvalue weighted by Crippen LogP contribution is 2.21. The normalized spacial score (nSPS) is 10.0. The van der Waals surface area contributed by atoms with Crippen molar-refractivity contribution in [2.24, 2.45) is 5.73 Å². The second-order valence-corrected chi connectivity index (χ2v) is 4.83. The summed E-state index contributed by atoms with van der Waals surface area (Å²) in [5.41, 5.74) is 6.96.